The van der Waals surface area contributed by atoms with Gasteiger partial charge in [-0.3, -0.25) is 38.4 Å². The molecule has 0 saturated carbocycles. The Bertz CT molecular complexity index is 4770. The molecule has 0 spiro atoms. The van der Waals surface area contributed by atoms with E-state index in [1.165, 1.54) is 0 Å². The molecule has 25 nitrogen and oxygen atoms in total. The second-order valence-corrected chi connectivity index (χ2v) is 25.0. The first kappa shape index (κ1) is 68.9. The molecule has 5 aromatic heterocycles. The van der Waals surface area contributed by atoms with Crippen molar-refractivity contribution in [2.45, 2.75) is 78.9 Å². The van der Waals surface area contributed by atoms with Crippen LogP contribution in [0.25, 0.3) is 55.2 Å². The van der Waals surface area contributed by atoms with Gasteiger partial charge in [0.05, 0.1) is 85.0 Å². The zero-order chi connectivity index (χ0) is 68.5. The molecular formula is C72H81N15O10. The third kappa shape index (κ3) is 13.7. The molecule has 0 aliphatic carbocycles. The number of aromatic nitrogens is 10. The Morgan fingerprint density at radius 1 is 0.402 bits per heavy atom. The van der Waals surface area contributed by atoms with Gasteiger partial charge in [0.2, 0.25) is 0 Å². The summed E-state index contributed by atoms with van der Waals surface area (Å²) in [7, 11) is 8.72. The van der Waals surface area contributed by atoms with Gasteiger partial charge in [-0.15, -0.1) is 0 Å². The lowest BCUT2D eigenvalue weighted by Gasteiger charge is -2.39. The van der Waals surface area contributed by atoms with Gasteiger partial charge >= 0.3 is 0 Å². The zero-order valence-electron chi connectivity index (χ0n) is 55.2. The summed E-state index contributed by atoms with van der Waals surface area (Å²) in [6, 6.07) is 37.1. The summed E-state index contributed by atoms with van der Waals surface area (Å²) in [4.78, 5) is 139. The number of aryl methyl sites for hydroxylation is 5. The molecular weight excluding hydrogens is 1230 g/mol. The average Bonchev–Trinajstić information content (AvgIpc) is 0.783. The van der Waals surface area contributed by atoms with Gasteiger partial charge in [0, 0.05) is 93.4 Å². The van der Waals surface area contributed by atoms with Crippen molar-refractivity contribution >= 4 is 107 Å². The number of anilines is 5. The number of hydrogen-bond acceptors (Lipinski definition) is 20. The number of Topliss-reactive ketones (excluding diaryl/α,β-unsaturated/α-hetero) is 4. The summed E-state index contributed by atoms with van der Waals surface area (Å²) in [5.41, 5.74) is 7.36. The molecule has 15 rings (SSSR count). The van der Waals surface area contributed by atoms with Crippen LogP contribution < -0.4 is 52.3 Å². The van der Waals surface area contributed by atoms with E-state index in [0.717, 1.165) is 87.5 Å². The van der Waals surface area contributed by atoms with E-state index < -0.39 is 0 Å². The van der Waals surface area contributed by atoms with Gasteiger partial charge in [0.15, 0.2) is 46.4 Å². The number of aliphatic hydroxyl groups is 1. The SMILES string of the molecule is C.C=C(O)C1CN(c2nc3ccccc3n(C)c2=O)C1.CC(=O)C1CCN1c1nc2ccccc2n(C)c1=O.CC(=O)CC1CN(c2nc3ccccc3n(C)c2=O)C1.CC(=O)[C@@H]1CCN1c1nc2ccccc2n(C)c1=O.CC(=O)[C@H]1CCN1c1nc2ccccc2n(C)c1=O. The van der Waals surface area contributed by atoms with Crippen molar-refractivity contribution in [1.29, 1.82) is 0 Å². The van der Waals surface area contributed by atoms with Crippen molar-refractivity contribution < 1.29 is 24.3 Å². The molecule has 0 radical (unpaired) electrons. The number of benzene rings is 5. The molecule has 5 fully saturated rings. The minimum absolute atomic E-state index is 0. The number of fused-ring (bicyclic) bond motifs is 5. The molecule has 10 heterocycles. The molecule has 504 valence electrons. The Labute approximate surface area is 558 Å². The van der Waals surface area contributed by atoms with Crippen LogP contribution in [0.5, 0.6) is 0 Å². The third-order valence-corrected chi connectivity index (χ3v) is 18.6. The molecule has 97 heavy (non-hydrogen) atoms. The van der Waals surface area contributed by atoms with E-state index in [2.05, 4.69) is 31.5 Å². The summed E-state index contributed by atoms with van der Waals surface area (Å²) >= 11 is 0. The van der Waals surface area contributed by atoms with Crippen LogP contribution in [-0.2, 0) is 54.4 Å². The van der Waals surface area contributed by atoms with Gasteiger partial charge in [-0.1, -0.05) is 74.7 Å². The fourth-order valence-electron chi connectivity index (χ4n) is 12.6. The maximum atomic E-state index is 12.3. The topological polar surface area (TPSA) is 279 Å². The van der Waals surface area contributed by atoms with Crippen molar-refractivity contribution in [3.8, 4) is 0 Å². The Balaban J connectivity index is 0.000000131. The van der Waals surface area contributed by atoms with Crippen LogP contribution >= 0.6 is 0 Å². The Morgan fingerprint density at radius 3 is 0.866 bits per heavy atom. The average molecular weight is 1320 g/mol. The molecule has 1 unspecified atom stereocenters. The Hall–Kier alpha value is -11.0. The number of aliphatic hydroxyl groups excluding tert-OH is 1. The molecule has 3 atom stereocenters. The number of rotatable bonds is 11. The molecule has 10 aromatic rings. The van der Waals surface area contributed by atoms with E-state index >= 15 is 0 Å². The van der Waals surface area contributed by atoms with E-state index in [4.69, 9.17) is 0 Å². The number of carbonyl (C=O) groups excluding carboxylic acids is 4. The predicted octanol–water partition coefficient (Wildman–Crippen LogP) is 6.73. The number of carbonyl (C=O) groups is 4. The second kappa shape index (κ2) is 28.5. The maximum Gasteiger partial charge on any atom is 0.293 e. The van der Waals surface area contributed by atoms with Crippen molar-refractivity contribution in [1.82, 2.24) is 47.8 Å². The molecule has 25 heteroatoms. The molecule has 0 bridgehead atoms. The van der Waals surface area contributed by atoms with Crippen LogP contribution in [-0.4, -0.2) is 140 Å². The highest BCUT2D eigenvalue weighted by molar-refractivity contribution is 5.89. The van der Waals surface area contributed by atoms with Crippen LogP contribution in [0.15, 0.2) is 158 Å². The molecule has 5 aliphatic rings. The Morgan fingerprint density at radius 2 is 0.639 bits per heavy atom. The molecule has 0 amide bonds. The van der Waals surface area contributed by atoms with E-state index in [-0.39, 0.29) is 88.2 Å². The van der Waals surface area contributed by atoms with Crippen LogP contribution in [0, 0.1) is 11.8 Å². The fraction of sp³-hybridized carbons (Fsp3) is 0.361. The van der Waals surface area contributed by atoms with Gasteiger partial charge in [-0.25, -0.2) is 24.9 Å². The van der Waals surface area contributed by atoms with Gasteiger partial charge in [-0.2, -0.15) is 0 Å². The smallest absolute Gasteiger partial charge is 0.293 e. The third-order valence-electron chi connectivity index (χ3n) is 18.6. The normalized spacial score (nSPS) is 17.0. The Kier molecular flexibility index (Phi) is 20.3. The van der Waals surface area contributed by atoms with Crippen molar-refractivity contribution in [2.75, 3.05) is 70.3 Å². The quantitative estimate of drug-likeness (QED) is 0.131. The largest absolute Gasteiger partial charge is 0.513 e. The van der Waals surface area contributed by atoms with Gasteiger partial charge in [0.25, 0.3) is 27.8 Å². The molecule has 5 aromatic carbocycles. The van der Waals surface area contributed by atoms with Gasteiger partial charge in [-0.05, 0) is 108 Å². The summed E-state index contributed by atoms with van der Waals surface area (Å²) in [6.45, 7) is 14.6. The van der Waals surface area contributed by atoms with Crippen molar-refractivity contribution in [2.24, 2.45) is 47.1 Å². The van der Waals surface area contributed by atoms with Crippen molar-refractivity contribution in [3.63, 3.8) is 0 Å². The van der Waals surface area contributed by atoms with Crippen LogP contribution in [0.4, 0.5) is 29.1 Å². The van der Waals surface area contributed by atoms with E-state index in [9.17, 15) is 48.3 Å². The summed E-state index contributed by atoms with van der Waals surface area (Å²) in [6.07, 6.45) is 2.98. The first-order chi connectivity index (χ1) is 45.9. The van der Waals surface area contributed by atoms with E-state index in [1.807, 2.05) is 131 Å². The standard InChI is InChI=1S/C15H17N3O2.4C14H15N3O2.CH4/c1-10(19)7-11-8-18(9-11)14-15(20)17(2)13-6-4-3-5-12(13)16-14;1-9(18)10-7-17(8-10)13-14(19)16(2)12-6-4-3-5-11(12)15-13;3*1-9(18)11-7-8-17(11)13-14(19)16(2)12-6-4-3-5-10(12)15-13;/h3-6,11H,7-9H2,1-2H3;3-6,10,18H,1,7-8H2,2H3;3*3-6,11H,7-8H2,1-2H3;1H4/t;;2*11-;;/m..10../s1. The monoisotopic (exact) mass is 1320 g/mol. The first-order valence-electron chi connectivity index (χ1n) is 31.9. The summed E-state index contributed by atoms with van der Waals surface area (Å²) in [5.74, 6) is 3.11. The highest BCUT2D eigenvalue weighted by Gasteiger charge is 2.38. The van der Waals surface area contributed by atoms with Crippen LogP contribution in [0.3, 0.4) is 0 Å². The highest BCUT2D eigenvalue weighted by Crippen LogP contribution is 2.30. The van der Waals surface area contributed by atoms with Crippen LogP contribution in [0.2, 0.25) is 0 Å². The van der Waals surface area contributed by atoms with E-state index in [0.29, 0.717) is 74.2 Å². The van der Waals surface area contributed by atoms with Gasteiger partial charge < -0.3 is 57.2 Å². The number of nitrogens with zero attached hydrogens (tertiary/aromatic N) is 15. The number of hydrogen-bond donors (Lipinski definition) is 1. The molecule has 5 aliphatic heterocycles. The van der Waals surface area contributed by atoms with Gasteiger partial charge in [0.1, 0.15) is 5.78 Å². The number of para-hydroxylation sites is 10. The zero-order valence-corrected chi connectivity index (χ0v) is 55.2. The van der Waals surface area contributed by atoms with Crippen LogP contribution in [0.1, 0.15) is 60.8 Å². The molecule has 1 N–H and O–H groups in total. The summed E-state index contributed by atoms with van der Waals surface area (Å²) < 4.78 is 8.02. The maximum absolute atomic E-state index is 12.3. The van der Waals surface area contributed by atoms with Crippen molar-refractivity contribution in [3.05, 3.63) is 185 Å². The number of ketones is 4. The second-order valence-electron chi connectivity index (χ2n) is 25.0. The fourth-order valence-corrected chi connectivity index (χ4v) is 12.6. The highest BCUT2D eigenvalue weighted by atomic mass is 16.3. The minimum atomic E-state index is -0.193. The lowest BCUT2D eigenvalue weighted by atomic mass is 9.94. The van der Waals surface area contributed by atoms with E-state index in [1.54, 1.807) is 100 Å². The predicted molar refractivity (Wildman–Crippen MR) is 379 cm³/mol. The first-order valence-corrected chi connectivity index (χ1v) is 31.9. The minimum Gasteiger partial charge on any atom is -0.513 e. The lowest BCUT2D eigenvalue weighted by molar-refractivity contribution is -0.120. The molecule has 5 saturated heterocycles. The summed E-state index contributed by atoms with van der Waals surface area (Å²) in [5, 5.41) is 9.31. The lowest BCUT2D eigenvalue weighted by Crippen LogP contribution is -2.54.